The topological polar surface area (TPSA) is 64.7 Å². The number of benzene rings is 1. The van der Waals surface area contributed by atoms with Gasteiger partial charge in [0.2, 0.25) is 5.91 Å². The van der Waals surface area contributed by atoms with Gasteiger partial charge in [0.15, 0.2) is 0 Å². The average molecular weight is 351 g/mol. The van der Waals surface area contributed by atoms with E-state index in [1.165, 1.54) is 5.56 Å². The predicted molar refractivity (Wildman–Crippen MR) is 101 cm³/mol. The zero-order valence-corrected chi connectivity index (χ0v) is 15.5. The number of carbonyl (C=O) groups excluding carboxylic acids is 1. The summed E-state index contributed by atoms with van der Waals surface area (Å²) in [6.45, 7) is 6.98. The van der Waals surface area contributed by atoms with Crippen LogP contribution in [0.1, 0.15) is 35.5 Å². The molecule has 1 atom stereocenters. The maximum absolute atomic E-state index is 12.7. The van der Waals surface area contributed by atoms with Crippen LogP contribution in [0, 0.1) is 13.8 Å². The van der Waals surface area contributed by atoms with E-state index in [0.717, 1.165) is 23.4 Å². The number of aryl methyl sites for hydroxylation is 1. The van der Waals surface area contributed by atoms with Gasteiger partial charge in [0.05, 0.1) is 18.1 Å². The number of nitrogens with zero attached hydrogens (tertiary/aromatic N) is 4. The third kappa shape index (κ3) is 4.02. The van der Waals surface area contributed by atoms with Crippen LogP contribution in [0.3, 0.4) is 0 Å². The molecular weight excluding hydrogens is 326 g/mol. The summed E-state index contributed by atoms with van der Waals surface area (Å²) in [6, 6.07) is 9.87. The number of hydrogen-bond donors (Lipinski definition) is 1. The van der Waals surface area contributed by atoms with Crippen molar-refractivity contribution in [2.75, 3.05) is 0 Å². The maximum Gasteiger partial charge on any atom is 0.242 e. The van der Waals surface area contributed by atoms with E-state index in [4.69, 9.17) is 0 Å². The maximum atomic E-state index is 12.7. The third-order valence-corrected chi connectivity index (χ3v) is 4.67. The molecule has 6 nitrogen and oxygen atoms in total. The lowest BCUT2D eigenvalue weighted by molar-refractivity contribution is -0.122. The number of carbonyl (C=O) groups is 1. The molecule has 26 heavy (non-hydrogen) atoms. The first-order valence-electron chi connectivity index (χ1n) is 8.91. The lowest BCUT2D eigenvalue weighted by atomic mass is 10.1. The van der Waals surface area contributed by atoms with E-state index in [9.17, 15) is 4.79 Å². The van der Waals surface area contributed by atoms with Gasteiger partial charge in [-0.25, -0.2) is 4.98 Å². The highest BCUT2D eigenvalue weighted by molar-refractivity contribution is 5.76. The minimum Gasteiger partial charge on any atom is -0.346 e. The first kappa shape index (κ1) is 17.9. The summed E-state index contributed by atoms with van der Waals surface area (Å²) in [6.07, 6.45) is 6.33. The van der Waals surface area contributed by atoms with Gasteiger partial charge >= 0.3 is 0 Å². The first-order valence-corrected chi connectivity index (χ1v) is 8.91. The minimum absolute atomic E-state index is 0.0489. The van der Waals surface area contributed by atoms with Crippen LogP contribution in [-0.4, -0.2) is 25.2 Å². The van der Waals surface area contributed by atoms with E-state index in [0.29, 0.717) is 6.54 Å². The van der Waals surface area contributed by atoms with Crippen LogP contribution in [0.25, 0.3) is 0 Å². The van der Waals surface area contributed by atoms with Gasteiger partial charge in [-0.15, -0.1) is 0 Å². The molecule has 0 spiro atoms. The average Bonchev–Trinajstić information content (AvgIpc) is 3.23. The van der Waals surface area contributed by atoms with Crippen LogP contribution in [0.4, 0.5) is 0 Å². The predicted octanol–water partition coefficient (Wildman–Crippen LogP) is 2.82. The van der Waals surface area contributed by atoms with E-state index < -0.39 is 0 Å². The Balaban J connectivity index is 1.75. The summed E-state index contributed by atoms with van der Waals surface area (Å²) < 4.78 is 3.76. The fourth-order valence-corrected chi connectivity index (χ4v) is 3.30. The smallest absolute Gasteiger partial charge is 0.242 e. The molecule has 0 bridgehead atoms. The molecule has 0 fully saturated rings. The van der Waals surface area contributed by atoms with Crippen molar-refractivity contribution in [2.45, 2.75) is 46.3 Å². The first-order chi connectivity index (χ1) is 12.6. The van der Waals surface area contributed by atoms with Crippen LogP contribution in [0.15, 0.2) is 49.1 Å². The molecule has 3 aromatic rings. The zero-order valence-electron chi connectivity index (χ0n) is 15.5. The van der Waals surface area contributed by atoms with Gasteiger partial charge in [-0.3, -0.25) is 9.48 Å². The lowest BCUT2D eigenvalue weighted by Gasteiger charge is -2.20. The van der Waals surface area contributed by atoms with Crippen LogP contribution in [0.2, 0.25) is 0 Å². The van der Waals surface area contributed by atoms with Crippen LogP contribution < -0.4 is 5.32 Å². The van der Waals surface area contributed by atoms with Gasteiger partial charge in [-0.1, -0.05) is 37.3 Å². The standard InChI is InChI=1S/C20H25N5O/c1-4-18-15(2)23-25(16(18)3)13-20(26)22-19(12-24-11-10-21-14-24)17-8-6-5-7-9-17/h5-11,14,19H,4,12-13H2,1-3H3,(H,22,26)/t19-/m1/s1. The summed E-state index contributed by atoms with van der Waals surface area (Å²) in [5.74, 6) is -0.0489. The highest BCUT2D eigenvalue weighted by Crippen LogP contribution is 2.16. The summed E-state index contributed by atoms with van der Waals surface area (Å²) in [5.41, 5.74) is 4.34. The molecule has 0 aliphatic carbocycles. The monoisotopic (exact) mass is 351 g/mol. The number of rotatable bonds is 7. The molecule has 0 aliphatic heterocycles. The van der Waals surface area contributed by atoms with E-state index >= 15 is 0 Å². The van der Waals surface area contributed by atoms with Gasteiger partial charge in [-0.05, 0) is 31.4 Å². The second-order valence-corrected chi connectivity index (χ2v) is 6.45. The summed E-state index contributed by atoms with van der Waals surface area (Å²) in [7, 11) is 0. The van der Waals surface area contributed by atoms with Gasteiger partial charge in [-0.2, -0.15) is 5.10 Å². The molecule has 0 aliphatic rings. The van der Waals surface area contributed by atoms with Gasteiger partial charge in [0.25, 0.3) is 0 Å². The minimum atomic E-state index is -0.125. The van der Waals surface area contributed by atoms with E-state index in [2.05, 4.69) is 22.3 Å². The van der Waals surface area contributed by atoms with Crippen molar-refractivity contribution >= 4 is 5.91 Å². The fourth-order valence-electron chi connectivity index (χ4n) is 3.30. The zero-order chi connectivity index (χ0) is 18.5. The highest BCUT2D eigenvalue weighted by atomic mass is 16.2. The molecule has 6 heteroatoms. The highest BCUT2D eigenvalue weighted by Gasteiger charge is 2.17. The lowest BCUT2D eigenvalue weighted by Crippen LogP contribution is -2.34. The largest absolute Gasteiger partial charge is 0.346 e. The molecule has 0 saturated carbocycles. The summed E-state index contributed by atoms with van der Waals surface area (Å²) in [5, 5.41) is 7.66. The number of imidazole rings is 1. The number of amides is 1. The molecule has 0 radical (unpaired) electrons. The quantitative estimate of drug-likeness (QED) is 0.712. The summed E-state index contributed by atoms with van der Waals surface area (Å²) in [4.78, 5) is 16.8. The Kier molecular flexibility index (Phi) is 5.51. The number of hydrogen-bond acceptors (Lipinski definition) is 3. The molecule has 2 aromatic heterocycles. The Labute approximate surface area is 153 Å². The Morgan fingerprint density at radius 1 is 1.23 bits per heavy atom. The van der Waals surface area contributed by atoms with Crippen LogP contribution in [0.5, 0.6) is 0 Å². The number of nitrogens with one attached hydrogen (secondary N) is 1. The second kappa shape index (κ2) is 7.99. The van der Waals surface area contributed by atoms with Crippen molar-refractivity contribution in [3.05, 3.63) is 71.6 Å². The van der Waals surface area contributed by atoms with Crippen LogP contribution in [-0.2, 0) is 24.3 Å². The molecule has 1 amide bonds. The molecule has 2 heterocycles. The van der Waals surface area contributed by atoms with Crippen molar-refractivity contribution in [3.8, 4) is 0 Å². The molecule has 0 saturated heterocycles. The Bertz CT molecular complexity index is 852. The van der Waals surface area contributed by atoms with E-state index in [-0.39, 0.29) is 18.5 Å². The second-order valence-electron chi connectivity index (χ2n) is 6.45. The van der Waals surface area contributed by atoms with E-state index in [1.54, 1.807) is 17.2 Å². The molecule has 3 rings (SSSR count). The molecule has 0 unspecified atom stereocenters. The van der Waals surface area contributed by atoms with Crippen LogP contribution >= 0.6 is 0 Å². The summed E-state index contributed by atoms with van der Waals surface area (Å²) >= 11 is 0. The van der Waals surface area contributed by atoms with Gasteiger partial charge in [0.1, 0.15) is 6.54 Å². The normalized spacial score (nSPS) is 12.1. The van der Waals surface area contributed by atoms with Gasteiger partial charge < -0.3 is 9.88 Å². The van der Waals surface area contributed by atoms with Crippen molar-refractivity contribution in [1.82, 2.24) is 24.6 Å². The molecule has 136 valence electrons. The van der Waals surface area contributed by atoms with Crippen molar-refractivity contribution in [2.24, 2.45) is 0 Å². The third-order valence-electron chi connectivity index (χ3n) is 4.67. The Morgan fingerprint density at radius 2 is 2.00 bits per heavy atom. The Morgan fingerprint density at radius 3 is 2.62 bits per heavy atom. The van der Waals surface area contributed by atoms with Crippen molar-refractivity contribution < 1.29 is 4.79 Å². The van der Waals surface area contributed by atoms with Crippen molar-refractivity contribution in [1.29, 1.82) is 0 Å². The van der Waals surface area contributed by atoms with Gasteiger partial charge in [0, 0.05) is 24.6 Å². The van der Waals surface area contributed by atoms with E-state index in [1.807, 2.05) is 54.9 Å². The Hall–Kier alpha value is -2.89. The molecule has 1 N–H and O–H groups in total. The fraction of sp³-hybridized carbons (Fsp3) is 0.350. The van der Waals surface area contributed by atoms with Crippen molar-refractivity contribution in [3.63, 3.8) is 0 Å². The number of aromatic nitrogens is 4. The SMILES string of the molecule is CCc1c(C)nn(CC(=O)N[C@H](Cn2ccnc2)c2ccccc2)c1C. The molecule has 1 aromatic carbocycles. The molecular formula is C20H25N5O.